The molecule has 2 amide bonds. The third-order valence-electron chi connectivity index (χ3n) is 5.41. The van der Waals surface area contributed by atoms with Crippen LogP contribution in [0.5, 0.6) is 0 Å². The van der Waals surface area contributed by atoms with Crippen molar-refractivity contribution < 1.29 is 14.0 Å². The number of alkyl halides is 1. The van der Waals surface area contributed by atoms with Crippen molar-refractivity contribution >= 4 is 56.2 Å². The Bertz CT molecular complexity index is 1390. The van der Waals surface area contributed by atoms with E-state index in [1.807, 2.05) is 42.5 Å². The van der Waals surface area contributed by atoms with E-state index in [0.717, 1.165) is 16.3 Å². The average Bonchev–Trinajstić information content (AvgIpc) is 3.23. The van der Waals surface area contributed by atoms with Crippen LogP contribution in [0.2, 0.25) is 5.02 Å². The molecule has 0 atom stereocenters. The van der Waals surface area contributed by atoms with Gasteiger partial charge in [0.25, 0.3) is 11.8 Å². The molecule has 0 bridgehead atoms. The number of fused-ring (bicyclic) bond motifs is 2. The topological polar surface area (TPSA) is 51.1 Å². The number of amides is 2. The number of hydrogen-bond donors (Lipinski definition) is 1. The SMILES string of the molecule is O=C1NC(=O)C(c2cn(CCF)c3ccc(Cl)cc23)=C1c1ccc2ccccc2c1. The van der Waals surface area contributed by atoms with E-state index in [4.69, 9.17) is 11.6 Å². The number of nitrogens with one attached hydrogen (secondary N) is 1. The molecule has 6 heteroatoms. The second-order valence-corrected chi connectivity index (χ2v) is 7.62. The van der Waals surface area contributed by atoms with Gasteiger partial charge < -0.3 is 4.57 Å². The number of carbonyl (C=O) groups excluding carboxylic acids is 2. The molecule has 0 aliphatic carbocycles. The second kappa shape index (κ2) is 7.11. The van der Waals surface area contributed by atoms with Crippen molar-refractivity contribution in [2.75, 3.05) is 6.67 Å². The van der Waals surface area contributed by atoms with E-state index in [-0.39, 0.29) is 12.1 Å². The summed E-state index contributed by atoms with van der Waals surface area (Å²) in [5.41, 5.74) is 2.56. The summed E-state index contributed by atoms with van der Waals surface area (Å²) in [6.07, 6.45) is 1.72. The molecule has 148 valence electrons. The van der Waals surface area contributed by atoms with Gasteiger partial charge in [0.15, 0.2) is 0 Å². The highest BCUT2D eigenvalue weighted by Gasteiger charge is 2.34. The van der Waals surface area contributed by atoms with Crippen molar-refractivity contribution in [1.29, 1.82) is 0 Å². The first-order chi connectivity index (χ1) is 14.6. The molecule has 2 heterocycles. The van der Waals surface area contributed by atoms with Gasteiger partial charge in [-0.1, -0.05) is 48.0 Å². The van der Waals surface area contributed by atoms with E-state index in [1.165, 1.54) is 0 Å². The van der Waals surface area contributed by atoms with E-state index in [2.05, 4.69) is 5.32 Å². The van der Waals surface area contributed by atoms with Gasteiger partial charge in [0.1, 0.15) is 6.67 Å². The van der Waals surface area contributed by atoms with Gasteiger partial charge in [0, 0.05) is 27.7 Å². The van der Waals surface area contributed by atoms with Crippen LogP contribution in [-0.4, -0.2) is 23.1 Å². The van der Waals surface area contributed by atoms with Crippen molar-refractivity contribution in [1.82, 2.24) is 9.88 Å². The van der Waals surface area contributed by atoms with Gasteiger partial charge in [-0.2, -0.15) is 0 Å². The zero-order chi connectivity index (χ0) is 20.8. The molecule has 0 spiro atoms. The molecule has 0 radical (unpaired) electrons. The lowest BCUT2D eigenvalue weighted by molar-refractivity contribution is -0.122. The number of hydrogen-bond acceptors (Lipinski definition) is 2. The maximum Gasteiger partial charge on any atom is 0.259 e. The highest BCUT2D eigenvalue weighted by Crippen LogP contribution is 2.37. The van der Waals surface area contributed by atoms with Gasteiger partial charge in [-0.25, -0.2) is 4.39 Å². The van der Waals surface area contributed by atoms with Gasteiger partial charge in [0.05, 0.1) is 17.7 Å². The van der Waals surface area contributed by atoms with Crippen LogP contribution in [0.25, 0.3) is 32.8 Å². The third kappa shape index (κ3) is 2.90. The van der Waals surface area contributed by atoms with Gasteiger partial charge in [-0.3, -0.25) is 14.9 Å². The summed E-state index contributed by atoms with van der Waals surface area (Å²) >= 11 is 6.20. The Morgan fingerprint density at radius 2 is 1.67 bits per heavy atom. The van der Waals surface area contributed by atoms with Gasteiger partial charge in [-0.15, -0.1) is 0 Å². The molecule has 0 unspecified atom stereocenters. The number of rotatable bonds is 4. The molecule has 0 fully saturated rings. The monoisotopic (exact) mass is 418 g/mol. The highest BCUT2D eigenvalue weighted by molar-refractivity contribution is 6.50. The molecule has 0 saturated carbocycles. The van der Waals surface area contributed by atoms with Crippen molar-refractivity contribution in [3.8, 4) is 0 Å². The van der Waals surface area contributed by atoms with E-state index in [9.17, 15) is 14.0 Å². The second-order valence-electron chi connectivity index (χ2n) is 7.18. The molecule has 1 aromatic heterocycles. The predicted molar refractivity (Wildman–Crippen MR) is 117 cm³/mol. The minimum atomic E-state index is -0.548. The number of nitrogens with zero attached hydrogens (tertiary/aromatic N) is 1. The van der Waals surface area contributed by atoms with Crippen molar-refractivity contribution in [2.24, 2.45) is 0 Å². The fourth-order valence-electron chi connectivity index (χ4n) is 4.08. The van der Waals surface area contributed by atoms with Crippen LogP contribution in [0.3, 0.4) is 0 Å². The lowest BCUT2D eigenvalue weighted by atomic mass is 9.94. The maximum absolute atomic E-state index is 13.1. The first-order valence-electron chi connectivity index (χ1n) is 9.50. The van der Waals surface area contributed by atoms with Crippen LogP contribution < -0.4 is 5.32 Å². The Morgan fingerprint density at radius 1 is 0.900 bits per heavy atom. The van der Waals surface area contributed by atoms with Crippen LogP contribution in [-0.2, 0) is 16.1 Å². The summed E-state index contributed by atoms with van der Waals surface area (Å²) in [5.74, 6) is -0.916. The Hall–Kier alpha value is -3.44. The molecule has 1 aliphatic heterocycles. The number of aromatic nitrogens is 1. The van der Waals surface area contributed by atoms with Crippen molar-refractivity contribution in [3.63, 3.8) is 0 Å². The van der Waals surface area contributed by atoms with Crippen LogP contribution in [0, 0.1) is 0 Å². The van der Waals surface area contributed by atoms with Crippen LogP contribution in [0.15, 0.2) is 66.9 Å². The molecular weight excluding hydrogens is 403 g/mol. The average molecular weight is 419 g/mol. The van der Waals surface area contributed by atoms with Crippen LogP contribution in [0.4, 0.5) is 4.39 Å². The first-order valence-corrected chi connectivity index (χ1v) is 9.88. The number of halogens is 2. The van der Waals surface area contributed by atoms with Gasteiger partial charge >= 0.3 is 0 Å². The summed E-state index contributed by atoms with van der Waals surface area (Å²) in [5, 5.41) is 5.63. The Kier molecular flexibility index (Phi) is 4.40. The molecule has 4 nitrogen and oxygen atoms in total. The minimum absolute atomic E-state index is 0.145. The standard InChI is InChI=1S/C24H16ClFN2O2/c25-17-7-8-20-18(12-17)19(13-28(20)10-9-26)22-21(23(29)27-24(22)30)16-6-5-14-3-1-2-4-15(14)11-16/h1-8,11-13H,9-10H2,(H,27,29,30). The molecule has 5 rings (SSSR count). The summed E-state index contributed by atoms with van der Waals surface area (Å²) in [4.78, 5) is 25.6. The summed E-state index contributed by atoms with van der Waals surface area (Å²) < 4.78 is 14.8. The summed E-state index contributed by atoms with van der Waals surface area (Å²) in [6, 6.07) is 18.7. The number of aryl methyl sites for hydroxylation is 1. The molecule has 0 saturated heterocycles. The van der Waals surface area contributed by atoms with E-state index in [0.29, 0.717) is 27.1 Å². The van der Waals surface area contributed by atoms with Crippen LogP contribution >= 0.6 is 11.6 Å². The fraction of sp³-hybridized carbons (Fsp3) is 0.0833. The first kappa shape index (κ1) is 18.6. The minimum Gasteiger partial charge on any atom is -0.344 e. The van der Waals surface area contributed by atoms with Crippen LogP contribution in [0.1, 0.15) is 11.1 Å². The normalized spacial score (nSPS) is 14.2. The zero-order valence-electron chi connectivity index (χ0n) is 15.8. The smallest absolute Gasteiger partial charge is 0.259 e. The third-order valence-corrected chi connectivity index (χ3v) is 5.64. The van der Waals surface area contributed by atoms with E-state index < -0.39 is 18.5 Å². The molecule has 30 heavy (non-hydrogen) atoms. The quantitative estimate of drug-likeness (QED) is 0.475. The Morgan fingerprint density at radius 3 is 2.47 bits per heavy atom. The molecular formula is C24H16ClFN2O2. The Labute approximate surface area is 176 Å². The lowest BCUT2D eigenvalue weighted by Crippen LogP contribution is -2.22. The molecule has 3 aromatic carbocycles. The van der Waals surface area contributed by atoms with E-state index in [1.54, 1.807) is 29.0 Å². The number of imide groups is 1. The zero-order valence-corrected chi connectivity index (χ0v) is 16.5. The maximum atomic E-state index is 13.1. The number of benzene rings is 3. The number of carbonyl (C=O) groups is 2. The molecule has 1 aliphatic rings. The molecule has 4 aromatic rings. The van der Waals surface area contributed by atoms with Gasteiger partial charge in [-0.05, 0) is 40.6 Å². The predicted octanol–water partition coefficient (Wildman–Crippen LogP) is 4.98. The highest BCUT2D eigenvalue weighted by atomic mass is 35.5. The van der Waals surface area contributed by atoms with Crippen molar-refractivity contribution in [2.45, 2.75) is 6.54 Å². The van der Waals surface area contributed by atoms with Gasteiger partial charge in [0.2, 0.25) is 0 Å². The van der Waals surface area contributed by atoms with Crippen molar-refractivity contribution in [3.05, 3.63) is 83.0 Å². The Balaban J connectivity index is 1.80. The fourth-order valence-corrected chi connectivity index (χ4v) is 4.25. The molecule has 1 N–H and O–H groups in total. The summed E-state index contributed by atoms with van der Waals surface area (Å²) in [6.45, 7) is -0.403. The largest absolute Gasteiger partial charge is 0.344 e. The lowest BCUT2D eigenvalue weighted by Gasteiger charge is -2.06. The summed E-state index contributed by atoms with van der Waals surface area (Å²) in [7, 11) is 0. The van der Waals surface area contributed by atoms with E-state index >= 15 is 0 Å².